The number of hydrazine groups is 1. The minimum Gasteiger partial charge on any atom is -0.271 e. The molecule has 106 valence electrons. The smallest absolute Gasteiger partial charge is 0.0289 e. The molecule has 1 aromatic carbocycles. The van der Waals surface area contributed by atoms with Gasteiger partial charge < -0.3 is 0 Å². The van der Waals surface area contributed by atoms with E-state index in [0.717, 1.165) is 6.42 Å². The molecule has 0 radical (unpaired) electrons. The van der Waals surface area contributed by atoms with Crippen LogP contribution in [-0.2, 0) is 6.42 Å². The Kier molecular flexibility index (Phi) is 3.53. The summed E-state index contributed by atoms with van der Waals surface area (Å²) >= 11 is 0. The third-order valence-electron chi connectivity index (χ3n) is 5.78. The molecule has 3 N–H and O–H groups in total. The monoisotopic (exact) mass is 260 g/mol. The molecule has 1 aliphatic rings. The molecule has 0 bridgehead atoms. The fourth-order valence-electron chi connectivity index (χ4n) is 3.71. The normalized spacial score (nSPS) is 22.3. The highest BCUT2D eigenvalue weighted by molar-refractivity contribution is 5.31. The van der Waals surface area contributed by atoms with Crippen LogP contribution in [0.25, 0.3) is 0 Å². The summed E-state index contributed by atoms with van der Waals surface area (Å²) < 4.78 is 0. The molecule has 0 spiro atoms. The van der Waals surface area contributed by atoms with Crippen molar-refractivity contribution in [2.75, 3.05) is 0 Å². The second kappa shape index (κ2) is 4.60. The number of rotatable bonds is 4. The van der Waals surface area contributed by atoms with Crippen LogP contribution in [0.4, 0.5) is 0 Å². The molecule has 19 heavy (non-hydrogen) atoms. The van der Waals surface area contributed by atoms with E-state index in [4.69, 9.17) is 5.84 Å². The summed E-state index contributed by atoms with van der Waals surface area (Å²) in [6.07, 6.45) is 1.01. The van der Waals surface area contributed by atoms with E-state index in [9.17, 15) is 0 Å². The van der Waals surface area contributed by atoms with E-state index in [2.05, 4.69) is 65.2 Å². The Labute approximate surface area is 117 Å². The van der Waals surface area contributed by atoms with Gasteiger partial charge in [0.2, 0.25) is 0 Å². The fourth-order valence-corrected chi connectivity index (χ4v) is 3.71. The third-order valence-corrected chi connectivity index (χ3v) is 5.78. The molecule has 1 atom stereocenters. The fraction of sp³-hybridized carbons (Fsp3) is 0.647. The van der Waals surface area contributed by atoms with Gasteiger partial charge in [-0.05, 0) is 53.7 Å². The Balaban J connectivity index is 2.15. The van der Waals surface area contributed by atoms with E-state index in [0.29, 0.717) is 22.8 Å². The van der Waals surface area contributed by atoms with Gasteiger partial charge in [-0.15, -0.1) is 0 Å². The SMILES string of the molecule is Cc1ccc(CC(NN)C2C(C)(C)C2(C)C)cc1C. The second-order valence-corrected chi connectivity index (χ2v) is 7.32. The predicted molar refractivity (Wildman–Crippen MR) is 81.8 cm³/mol. The lowest BCUT2D eigenvalue weighted by Crippen LogP contribution is -2.40. The lowest BCUT2D eigenvalue weighted by atomic mass is 9.95. The summed E-state index contributed by atoms with van der Waals surface area (Å²) in [6, 6.07) is 7.09. The number of nitrogens with two attached hydrogens (primary N) is 1. The van der Waals surface area contributed by atoms with Crippen molar-refractivity contribution < 1.29 is 0 Å². The van der Waals surface area contributed by atoms with Gasteiger partial charge >= 0.3 is 0 Å². The summed E-state index contributed by atoms with van der Waals surface area (Å²) in [6.45, 7) is 13.7. The predicted octanol–water partition coefficient (Wildman–Crippen LogP) is 3.36. The quantitative estimate of drug-likeness (QED) is 0.643. The van der Waals surface area contributed by atoms with Crippen LogP contribution in [0, 0.1) is 30.6 Å². The first-order valence-electron chi connectivity index (χ1n) is 7.24. The molecule has 1 aromatic rings. The molecule has 0 saturated heterocycles. The van der Waals surface area contributed by atoms with Crippen molar-refractivity contribution in [3.63, 3.8) is 0 Å². The standard InChI is InChI=1S/C17H28N2/c1-11-7-8-13(9-12(11)2)10-14(19-18)15-16(3,4)17(15,5)6/h7-9,14-15,19H,10,18H2,1-6H3. The highest BCUT2D eigenvalue weighted by atomic mass is 15.2. The van der Waals surface area contributed by atoms with E-state index in [1.807, 2.05) is 0 Å². The van der Waals surface area contributed by atoms with E-state index >= 15 is 0 Å². The molecule has 0 heterocycles. The Hall–Kier alpha value is -0.860. The Morgan fingerprint density at radius 3 is 2.11 bits per heavy atom. The molecule has 0 aromatic heterocycles. The highest BCUT2D eigenvalue weighted by Gasteiger charge is 2.66. The van der Waals surface area contributed by atoms with Crippen molar-refractivity contribution >= 4 is 0 Å². The number of benzene rings is 1. The van der Waals surface area contributed by atoms with Gasteiger partial charge in [0.05, 0.1) is 0 Å². The summed E-state index contributed by atoms with van der Waals surface area (Å²) in [7, 11) is 0. The number of aryl methyl sites for hydroxylation is 2. The molecule has 1 fully saturated rings. The van der Waals surface area contributed by atoms with Crippen LogP contribution in [0.5, 0.6) is 0 Å². The van der Waals surface area contributed by atoms with Crippen molar-refractivity contribution in [2.45, 2.75) is 54.0 Å². The van der Waals surface area contributed by atoms with Crippen molar-refractivity contribution in [1.29, 1.82) is 0 Å². The minimum absolute atomic E-state index is 0.354. The van der Waals surface area contributed by atoms with Crippen LogP contribution < -0.4 is 11.3 Å². The Morgan fingerprint density at radius 1 is 1.11 bits per heavy atom. The average Bonchev–Trinajstić information content (AvgIpc) is 2.72. The van der Waals surface area contributed by atoms with Gasteiger partial charge in [0.1, 0.15) is 0 Å². The van der Waals surface area contributed by atoms with Crippen LogP contribution >= 0.6 is 0 Å². The van der Waals surface area contributed by atoms with Crippen molar-refractivity contribution in [3.05, 3.63) is 34.9 Å². The molecule has 2 nitrogen and oxygen atoms in total. The first kappa shape index (κ1) is 14.5. The molecule has 1 saturated carbocycles. The number of hydrogen-bond donors (Lipinski definition) is 2. The van der Waals surface area contributed by atoms with Crippen LogP contribution in [-0.4, -0.2) is 6.04 Å². The second-order valence-electron chi connectivity index (χ2n) is 7.32. The van der Waals surface area contributed by atoms with E-state index in [-0.39, 0.29) is 0 Å². The zero-order valence-electron chi connectivity index (χ0n) is 13.2. The first-order chi connectivity index (χ1) is 8.71. The van der Waals surface area contributed by atoms with Gasteiger partial charge in [-0.2, -0.15) is 0 Å². The first-order valence-corrected chi connectivity index (χ1v) is 7.24. The Morgan fingerprint density at radius 2 is 1.68 bits per heavy atom. The maximum atomic E-state index is 5.82. The van der Waals surface area contributed by atoms with Gasteiger partial charge in [-0.1, -0.05) is 45.9 Å². The molecule has 1 unspecified atom stereocenters. The molecular formula is C17H28N2. The minimum atomic E-state index is 0.354. The average molecular weight is 260 g/mol. The van der Waals surface area contributed by atoms with Crippen molar-refractivity contribution in [1.82, 2.24) is 5.43 Å². The topological polar surface area (TPSA) is 38.0 Å². The summed E-state index contributed by atoms with van der Waals surface area (Å²) in [5.41, 5.74) is 7.88. The third kappa shape index (κ3) is 2.32. The lowest BCUT2D eigenvalue weighted by Gasteiger charge is -2.19. The van der Waals surface area contributed by atoms with Gasteiger partial charge in [0.15, 0.2) is 0 Å². The van der Waals surface area contributed by atoms with Crippen LogP contribution in [0.15, 0.2) is 18.2 Å². The van der Waals surface area contributed by atoms with Crippen LogP contribution in [0.1, 0.15) is 44.4 Å². The zero-order valence-corrected chi connectivity index (χ0v) is 13.2. The molecule has 2 rings (SSSR count). The maximum absolute atomic E-state index is 5.82. The van der Waals surface area contributed by atoms with Gasteiger partial charge in [0.25, 0.3) is 0 Å². The molecular weight excluding hydrogens is 232 g/mol. The van der Waals surface area contributed by atoms with Gasteiger partial charge in [-0.3, -0.25) is 11.3 Å². The largest absolute Gasteiger partial charge is 0.271 e. The summed E-state index contributed by atoms with van der Waals surface area (Å²) in [4.78, 5) is 0. The Bertz CT molecular complexity index is 460. The molecule has 0 amide bonds. The number of hydrogen-bond acceptors (Lipinski definition) is 2. The van der Waals surface area contributed by atoms with Crippen molar-refractivity contribution in [2.24, 2.45) is 22.6 Å². The maximum Gasteiger partial charge on any atom is 0.0289 e. The zero-order chi connectivity index (χ0) is 14.4. The van der Waals surface area contributed by atoms with Crippen LogP contribution in [0.2, 0.25) is 0 Å². The van der Waals surface area contributed by atoms with Gasteiger partial charge in [0, 0.05) is 6.04 Å². The van der Waals surface area contributed by atoms with Gasteiger partial charge in [-0.25, -0.2) is 0 Å². The summed E-state index contributed by atoms with van der Waals surface area (Å²) in [5, 5.41) is 0. The van der Waals surface area contributed by atoms with Crippen LogP contribution in [0.3, 0.4) is 0 Å². The molecule has 1 aliphatic carbocycles. The number of nitrogens with one attached hydrogen (secondary N) is 1. The molecule has 2 heteroatoms. The van der Waals surface area contributed by atoms with E-state index in [1.165, 1.54) is 16.7 Å². The van der Waals surface area contributed by atoms with E-state index in [1.54, 1.807) is 0 Å². The highest BCUT2D eigenvalue weighted by Crippen LogP contribution is 2.69. The lowest BCUT2D eigenvalue weighted by molar-refractivity contribution is 0.402. The van der Waals surface area contributed by atoms with E-state index < -0.39 is 0 Å². The van der Waals surface area contributed by atoms with Crippen molar-refractivity contribution in [3.8, 4) is 0 Å². The summed E-state index contributed by atoms with van der Waals surface area (Å²) in [5.74, 6) is 6.45. The molecule has 0 aliphatic heterocycles.